The molecule has 3 aliphatic rings. The molecule has 1 unspecified atom stereocenters. The van der Waals surface area contributed by atoms with E-state index in [1.165, 1.54) is 6.08 Å². The Morgan fingerprint density at radius 2 is 1.89 bits per heavy atom. The van der Waals surface area contributed by atoms with Crippen molar-refractivity contribution in [3.63, 3.8) is 0 Å². The number of carbonyl (C=O) groups excluding carboxylic acids is 2. The number of ketones is 1. The molecule has 13 heteroatoms. The molecule has 0 radical (unpaired) electrons. The van der Waals surface area contributed by atoms with E-state index in [2.05, 4.69) is 68.1 Å². The molecule has 1 amide bonds. The van der Waals surface area contributed by atoms with Crippen LogP contribution in [0.5, 0.6) is 6.01 Å². The average molecular weight is 860 g/mol. The van der Waals surface area contributed by atoms with Crippen molar-refractivity contribution in [2.24, 2.45) is 0 Å². The Kier molecular flexibility index (Phi) is 12.0. The van der Waals surface area contributed by atoms with E-state index in [0.717, 1.165) is 63.0 Å². The fourth-order valence-electron chi connectivity index (χ4n) is 8.00. The third-order valence-corrected chi connectivity index (χ3v) is 11.8. The van der Waals surface area contributed by atoms with Crippen LogP contribution in [0, 0.1) is 14.9 Å². The third kappa shape index (κ3) is 8.19. The zero-order valence-electron chi connectivity index (χ0n) is 30.0. The van der Waals surface area contributed by atoms with Gasteiger partial charge in [-0.25, -0.2) is 0 Å². The van der Waals surface area contributed by atoms with Crippen LogP contribution in [0.25, 0.3) is 10.8 Å². The molecule has 0 aliphatic carbocycles. The van der Waals surface area contributed by atoms with Crippen molar-refractivity contribution >= 4 is 68.2 Å². The van der Waals surface area contributed by atoms with E-state index in [-0.39, 0.29) is 36.2 Å². The zero-order chi connectivity index (χ0) is 37.8. The first-order valence-corrected chi connectivity index (χ1v) is 19.9. The highest BCUT2D eigenvalue weighted by Gasteiger charge is 2.34. The Balaban J connectivity index is 1.12. The second-order valence-electron chi connectivity index (χ2n) is 14.1. The van der Waals surface area contributed by atoms with Gasteiger partial charge in [0, 0.05) is 64.5 Å². The molecule has 11 nitrogen and oxygen atoms in total. The minimum atomic E-state index is -1.08. The summed E-state index contributed by atoms with van der Waals surface area (Å²) in [7, 11) is 0. The number of fused-ring (bicyclic) bond motifs is 2. The summed E-state index contributed by atoms with van der Waals surface area (Å²) in [4.78, 5) is 44.1. The van der Waals surface area contributed by atoms with Crippen LogP contribution in [-0.2, 0) is 17.8 Å². The van der Waals surface area contributed by atoms with Gasteiger partial charge in [0.2, 0.25) is 5.91 Å². The van der Waals surface area contributed by atoms with Crippen LogP contribution in [0.2, 0.25) is 5.02 Å². The summed E-state index contributed by atoms with van der Waals surface area (Å²) in [6, 6.07) is 21.8. The second kappa shape index (κ2) is 17.0. The standard InChI is InChI=1S/C41H43ClIN7O4/c1-2-37(52)50-22-21-49(24-30(50)14-17-44)40-32-15-19-48(35-13-5-8-27-7-4-12-33(42)38(27)35)25-34(32)45-41(46-40)54-26-31-11-6-18-47(31)20-16-36(51)39(53)28-9-3-10-29(43)23-28/h2-5,7-10,12-13,23,30-31,36,51H,1,6,11,14-16,18-22,24-26H2/t30-,31-,36?/m0/s1. The maximum atomic E-state index is 12.9. The van der Waals surface area contributed by atoms with Crippen LogP contribution in [-0.4, -0.2) is 101 Å². The number of aromatic nitrogens is 2. The van der Waals surface area contributed by atoms with Crippen molar-refractivity contribution in [3.05, 3.63) is 98.7 Å². The molecule has 3 atom stereocenters. The Bertz CT molecular complexity index is 2090. The summed E-state index contributed by atoms with van der Waals surface area (Å²) < 4.78 is 7.40. The smallest absolute Gasteiger partial charge is 0.318 e. The molecule has 2 saturated heterocycles. The SMILES string of the molecule is C=CC(=O)N1CCN(c2nc(OC[C@@H]3CCCN3CCC(O)C(=O)c3cccc(I)c3)nc3c2CCN(c2cccc4cccc(Cl)c24)C3)C[C@@H]1CC#N. The highest BCUT2D eigenvalue weighted by atomic mass is 127. The maximum Gasteiger partial charge on any atom is 0.318 e. The van der Waals surface area contributed by atoms with Crippen LogP contribution < -0.4 is 14.5 Å². The lowest BCUT2D eigenvalue weighted by Gasteiger charge is -2.42. The van der Waals surface area contributed by atoms with Crippen molar-refractivity contribution in [3.8, 4) is 12.1 Å². The number of hydrogen-bond donors (Lipinski definition) is 1. The van der Waals surface area contributed by atoms with Crippen LogP contribution in [0.4, 0.5) is 11.5 Å². The number of anilines is 2. The van der Waals surface area contributed by atoms with Gasteiger partial charge in [-0.1, -0.05) is 54.6 Å². The number of benzene rings is 3. The van der Waals surface area contributed by atoms with Gasteiger partial charge in [-0.3, -0.25) is 14.5 Å². The predicted octanol–water partition coefficient (Wildman–Crippen LogP) is 6.04. The third-order valence-electron chi connectivity index (χ3n) is 10.8. The van der Waals surface area contributed by atoms with Gasteiger partial charge >= 0.3 is 6.01 Å². The molecule has 54 heavy (non-hydrogen) atoms. The van der Waals surface area contributed by atoms with E-state index in [1.54, 1.807) is 17.0 Å². The summed E-state index contributed by atoms with van der Waals surface area (Å²) >= 11 is 8.92. The average Bonchev–Trinajstić information content (AvgIpc) is 3.65. The fourth-order valence-corrected chi connectivity index (χ4v) is 8.82. The van der Waals surface area contributed by atoms with Crippen molar-refractivity contribution in [2.45, 2.75) is 56.8 Å². The first-order valence-electron chi connectivity index (χ1n) is 18.5. The van der Waals surface area contributed by atoms with E-state index in [1.807, 2.05) is 30.3 Å². The number of aliphatic hydroxyl groups excluding tert-OH is 1. The molecule has 3 aliphatic heterocycles. The molecule has 280 valence electrons. The van der Waals surface area contributed by atoms with E-state index in [4.69, 9.17) is 26.3 Å². The van der Waals surface area contributed by atoms with Crippen LogP contribution in [0.3, 0.4) is 0 Å². The lowest BCUT2D eigenvalue weighted by Crippen LogP contribution is -2.55. The molecule has 2 fully saturated rings. The first kappa shape index (κ1) is 38.0. The van der Waals surface area contributed by atoms with Gasteiger partial charge in [0.25, 0.3) is 0 Å². The Hall–Kier alpha value is -4.29. The lowest BCUT2D eigenvalue weighted by molar-refractivity contribution is -0.128. The topological polar surface area (TPSA) is 126 Å². The van der Waals surface area contributed by atoms with Crippen LogP contribution >= 0.6 is 34.2 Å². The number of likely N-dealkylation sites (tertiary alicyclic amines) is 1. The van der Waals surface area contributed by atoms with Gasteiger partial charge < -0.3 is 24.5 Å². The molecule has 1 aromatic heterocycles. The minimum absolute atomic E-state index is 0.0795. The highest BCUT2D eigenvalue weighted by molar-refractivity contribution is 14.1. The van der Waals surface area contributed by atoms with Gasteiger partial charge in [-0.2, -0.15) is 15.2 Å². The predicted molar refractivity (Wildman–Crippen MR) is 218 cm³/mol. The largest absolute Gasteiger partial charge is 0.462 e. The number of aliphatic hydroxyl groups is 1. The number of carbonyl (C=O) groups is 2. The zero-order valence-corrected chi connectivity index (χ0v) is 33.0. The van der Waals surface area contributed by atoms with Crippen molar-refractivity contribution in [1.29, 1.82) is 5.26 Å². The summed E-state index contributed by atoms with van der Waals surface area (Å²) in [6.45, 7) is 8.16. The van der Waals surface area contributed by atoms with Gasteiger partial charge in [0.05, 0.1) is 35.8 Å². The Labute approximate surface area is 334 Å². The molecular formula is C41H43ClIN7O4. The van der Waals surface area contributed by atoms with Gasteiger partial charge in [-0.15, -0.1) is 0 Å². The number of rotatable bonds is 12. The molecule has 0 spiro atoms. The van der Waals surface area contributed by atoms with Crippen molar-refractivity contribution in [2.75, 3.05) is 55.7 Å². The summed E-state index contributed by atoms with van der Waals surface area (Å²) in [5.74, 6) is 0.336. The van der Waals surface area contributed by atoms with Crippen molar-refractivity contribution < 1.29 is 19.4 Å². The van der Waals surface area contributed by atoms with Gasteiger partial charge in [0.1, 0.15) is 18.5 Å². The highest BCUT2D eigenvalue weighted by Crippen LogP contribution is 2.37. The molecule has 1 N–H and O–H groups in total. The summed E-state index contributed by atoms with van der Waals surface area (Å²) in [5.41, 5.74) is 3.47. The van der Waals surface area contributed by atoms with E-state index >= 15 is 0 Å². The Morgan fingerprint density at radius 3 is 2.69 bits per heavy atom. The van der Waals surface area contributed by atoms with E-state index in [9.17, 15) is 20.0 Å². The number of hydrogen-bond acceptors (Lipinski definition) is 10. The number of Topliss-reactive ketones (excluding diaryl/α,β-unsaturated/α-hetero) is 1. The number of nitriles is 1. The lowest BCUT2D eigenvalue weighted by atomic mass is 10.0. The normalized spacial score (nSPS) is 19.3. The molecule has 3 aromatic carbocycles. The van der Waals surface area contributed by atoms with Crippen LogP contribution in [0.1, 0.15) is 47.3 Å². The summed E-state index contributed by atoms with van der Waals surface area (Å²) in [5, 5.41) is 23.2. The number of ether oxygens (including phenoxy) is 1. The van der Waals surface area contributed by atoms with E-state index < -0.39 is 6.10 Å². The second-order valence-corrected chi connectivity index (χ2v) is 15.7. The quantitative estimate of drug-likeness (QED) is 0.102. The molecular weight excluding hydrogens is 817 g/mol. The molecule has 4 aromatic rings. The molecule has 0 bridgehead atoms. The number of nitrogens with zero attached hydrogens (tertiary/aromatic N) is 7. The Morgan fingerprint density at radius 1 is 1.07 bits per heavy atom. The number of halogens is 2. The van der Waals surface area contributed by atoms with Gasteiger partial charge in [0.15, 0.2) is 5.78 Å². The first-order chi connectivity index (χ1) is 26.2. The maximum absolute atomic E-state index is 12.9. The summed E-state index contributed by atoms with van der Waals surface area (Å²) in [6.07, 6.45) is 3.36. The minimum Gasteiger partial charge on any atom is -0.462 e. The molecule has 7 rings (SSSR count). The number of piperazine rings is 1. The van der Waals surface area contributed by atoms with Crippen molar-refractivity contribution in [1.82, 2.24) is 19.8 Å². The van der Waals surface area contributed by atoms with Gasteiger partial charge in [-0.05, 0) is 90.5 Å². The number of amides is 1. The molecule has 0 saturated carbocycles. The molecule has 4 heterocycles. The van der Waals surface area contributed by atoms with E-state index in [0.29, 0.717) is 62.8 Å². The van der Waals surface area contributed by atoms with Crippen LogP contribution in [0.15, 0.2) is 73.3 Å². The fraction of sp³-hybridized carbons (Fsp3) is 0.390. The monoisotopic (exact) mass is 859 g/mol.